The summed E-state index contributed by atoms with van der Waals surface area (Å²) >= 11 is 0. The average molecular weight is 216 g/mol. The van der Waals surface area contributed by atoms with E-state index in [0.29, 0.717) is 6.04 Å². The van der Waals surface area contributed by atoms with Gasteiger partial charge in [-0.15, -0.1) is 0 Å². The Morgan fingerprint density at radius 2 is 2.25 bits per heavy atom. The van der Waals surface area contributed by atoms with Crippen LogP contribution in [-0.4, -0.2) is 12.0 Å². The number of nitrogens with one attached hydrogen (secondary N) is 1. The van der Waals surface area contributed by atoms with Gasteiger partial charge >= 0.3 is 0 Å². The lowest BCUT2D eigenvalue weighted by molar-refractivity contribution is 0.589. The molecule has 1 atom stereocenters. The Hall–Kier alpha value is -1.15. The van der Waals surface area contributed by atoms with Crippen molar-refractivity contribution in [2.75, 3.05) is 7.05 Å². The normalized spacial score (nSPS) is 18.0. The Bertz CT molecular complexity index is 382. The summed E-state index contributed by atoms with van der Waals surface area (Å²) in [5, 5.41) is 3.42. The van der Waals surface area contributed by atoms with E-state index in [1.165, 1.54) is 36.8 Å². The SMILES string of the molecule is CNC(C1=CCCCC1)c1cccnc1C. The molecule has 1 aliphatic carbocycles. The van der Waals surface area contributed by atoms with Gasteiger partial charge in [-0.3, -0.25) is 4.98 Å². The molecule has 0 amide bonds. The van der Waals surface area contributed by atoms with Crippen LogP contribution in [0.3, 0.4) is 0 Å². The molecule has 1 aromatic rings. The van der Waals surface area contributed by atoms with Crippen molar-refractivity contribution in [2.45, 2.75) is 38.6 Å². The Morgan fingerprint density at radius 1 is 1.38 bits per heavy atom. The van der Waals surface area contributed by atoms with Gasteiger partial charge in [0.2, 0.25) is 0 Å². The number of nitrogens with zero attached hydrogens (tertiary/aromatic N) is 1. The zero-order valence-electron chi connectivity index (χ0n) is 10.2. The summed E-state index contributed by atoms with van der Waals surface area (Å²) in [5.41, 5.74) is 3.98. The molecule has 86 valence electrons. The summed E-state index contributed by atoms with van der Waals surface area (Å²) in [6.45, 7) is 2.09. The Morgan fingerprint density at radius 3 is 2.88 bits per heavy atom. The Labute approximate surface area is 97.8 Å². The van der Waals surface area contributed by atoms with Crippen LogP contribution in [0.25, 0.3) is 0 Å². The number of aryl methyl sites for hydroxylation is 1. The number of aromatic nitrogens is 1. The maximum Gasteiger partial charge on any atom is 0.0551 e. The lowest BCUT2D eigenvalue weighted by Gasteiger charge is -2.24. The molecule has 1 N–H and O–H groups in total. The van der Waals surface area contributed by atoms with Gasteiger partial charge in [-0.25, -0.2) is 0 Å². The molecule has 1 heterocycles. The first-order valence-electron chi connectivity index (χ1n) is 6.10. The number of allylic oxidation sites excluding steroid dienone is 1. The highest BCUT2D eigenvalue weighted by atomic mass is 14.9. The number of hydrogen-bond donors (Lipinski definition) is 1. The quantitative estimate of drug-likeness (QED) is 0.785. The molecule has 1 aromatic heterocycles. The van der Waals surface area contributed by atoms with Gasteiger partial charge in [-0.2, -0.15) is 0 Å². The van der Waals surface area contributed by atoms with Crippen LogP contribution in [0.2, 0.25) is 0 Å². The molecule has 0 saturated carbocycles. The van der Waals surface area contributed by atoms with Gasteiger partial charge in [-0.1, -0.05) is 17.7 Å². The molecule has 2 nitrogen and oxygen atoms in total. The van der Waals surface area contributed by atoms with Gasteiger partial charge in [0.05, 0.1) is 6.04 Å². The summed E-state index contributed by atoms with van der Waals surface area (Å²) in [5.74, 6) is 0. The fraction of sp³-hybridized carbons (Fsp3) is 0.500. The van der Waals surface area contributed by atoms with Crippen molar-refractivity contribution in [2.24, 2.45) is 0 Å². The van der Waals surface area contributed by atoms with Gasteiger partial charge in [-0.05, 0) is 51.3 Å². The monoisotopic (exact) mass is 216 g/mol. The van der Waals surface area contributed by atoms with E-state index in [2.05, 4.69) is 29.4 Å². The van der Waals surface area contributed by atoms with Gasteiger partial charge in [0.15, 0.2) is 0 Å². The van der Waals surface area contributed by atoms with Crippen LogP contribution in [-0.2, 0) is 0 Å². The number of likely N-dealkylation sites (N-methyl/N-ethyl adjacent to an activating group) is 1. The molecule has 0 aliphatic heterocycles. The van der Waals surface area contributed by atoms with Crippen LogP contribution in [0.4, 0.5) is 0 Å². The van der Waals surface area contributed by atoms with Gasteiger partial charge in [0.1, 0.15) is 0 Å². The van der Waals surface area contributed by atoms with E-state index in [0.717, 1.165) is 5.69 Å². The Kier molecular flexibility index (Phi) is 3.73. The summed E-state index contributed by atoms with van der Waals surface area (Å²) in [7, 11) is 2.03. The number of pyridine rings is 1. The largest absolute Gasteiger partial charge is 0.310 e. The van der Waals surface area contributed by atoms with Gasteiger partial charge < -0.3 is 5.32 Å². The molecule has 1 aliphatic rings. The summed E-state index contributed by atoms with van der Waals surface area (Å²) in [4.78, 5) is 4.38. The second-order valence-electron chi connectivity index (χ2n) is 4.42. The zero-order valence-corrected chi connectivity index (χ0v) is 10.2. The molecular formula is C14H20N2. The lowest BCUT2D eigenvalue weighted by atomic mass is 9.89. The highest BCUT2D eigenvalue weighted by Crippen LogP contribution is 2.30. The minimum Gasteiger partial charge on any atom is -0.310 e. The molecule has 16 heavy (non-hydrogen) atoms. The molecule has 0 radical (unpaired) electrons. The highest BCUT2D eigenvalue weighted by Gasteiger charge is 2.18. The highest BCUT2D eigenvalue weighted by molar-refractivity contribution is 5.31. The van der Waals surface area contributed by atoms with E-state index in [1.54, 1.807) is 0 Å². The minimum atomic E-state index is 0.356. The van der Waals surface area contributed by atoms with Crippen molar-refractivity contribution in [3.63, 3.8) is 0 Å². The standard InChI is InChI=1S/C14H20N2/c1-11-13(9-6-10-16-11)14(15-2)12-7-4-3-5-8-12/h6-7,9-10,14-15H,3-5,8H2,1-2H3. The number of rotatable bonds is 3. The molecule has 2 heteroatoms. The van der Waals surface area contributed by atoms with Crippen molar-refractivity contribution >= 4 is 0 Å². The van der Waals surface area contributed by atoms with Crippen LogP contribution in [0.5, 0.6) is 0 Å². The smallest absolute Gasteiger partial charge is 0.0551 e. The third-order valence-electron chi connectivity index (χ3n) is 3.34. The lowest BCUT2D eigenvalue weighted by Crippen LogP contribution is -2.21. The fourth-order valence-electron chi connectivity index (χ4n) is 2.47. The second kappa shape index (κ2) is 5.26. The topological polar surface area (TPSA) is 24.9 Å². The maximum atomic E-state index is 4.38. The van der Waals surface area contributed by atoms with Crippen LogP contribution in [0.1, 0.15) is 43.0 Å². The van der Waals surface area contributed by atoms with E-state index < -0.39 is 0 Å². The number of hydrogen-bond acceptors (Lipinski definition) is 2. The van der Waals surface area contributed by atoms with Gasteiger partial charge in [0.25, 0.3) is 0 Å². The summed E-state index contributed by atoms with van der Waals surface area (Å²) in [6, 6.07) is 4.56. The summed E-state index contributed by atoms with van der Waals surface area (Å²) < 4.78 is 0. The summed E-state index contributed by atoms with van der Waals surface area (Å²) in [6.07, 6.45) is 9.37. The molecule has 0 fully saturated rings. The van der Waals surface area contributed by atoms with Gasteiger partial charge in [0, 0.05) is 11.9 Å². The van der Waals surface area contributed by atoms with Crippen LogP contribution >= 0.6 is 0 Å². The molecule has 1 unspecified atom stereocenters. The van der Waals surface area contributed by atoms with Crippen LogP contribution in [0, 0.1) is 6.92 Å². The van der Waals surface area contributed by atoms with E-state index in [-0.39, 0.29) is 0 Å². The first-order chi connectivity index (χ1) is 7.83. The average Bonchev–Trinajstić information content (AvgIpc) is 2.34. The first-order valence-corrected chi connectivity index (χ1v) is 6.10. The van der Waals surface area contributed by atoms with Crippen molar-refractivity contribution < 1.29 is 0 Å². The molecular weight excluding hydrogens is 196 g/mol. The minimum absolute atomic E-state index is 0.356. The van der Waals surface area contributed by atoms with E-state index in [9.17, 15) is 0 Å². The third kappa shape index (κ3) is 2.33. The fourth-order valence-corrected chi connectivity index (χ4v) is 2.47. The van der Waals surface area contributed by atoms with E-state index in [1.807, 2.05) is 19.3 Å². The van der Waals surface area contributed by atoms with Crippen molar-refractivity contribution in [3.05, 3.63) is 41.2 Å². The van der Waals surface area contributed by atoms with Crippen LogP contribution in [0.15, 0.2) is 30.0 Å². The van der Waals surface area contributed by atoms with Crippen LogP contribution < -0.4 is 5.32 Å². The van der Waals surface area contributed by atoms with Crippen molar-refractivity contribution in [1.29, 1.82) is 0 Å². The molecule has 0 spiro atoms. The molecule has 0 saturated heterocycles. The predicted molar refractivity (Wildman–Crippen MR) is 67.3 cm³/mol. The zero-order chi connectivity index (χ0) is 11.4. The first kappa shape index (κ1) is 11.3. The maximum absolute atomic E-state index is 4.38. The Balaban J connectivity index is 2.28. The molecule has 0 bridgehead atoms. The molecule has 0 aromatic carbocycles. The second-order valence-corrected chi connectivity index (χ2v) is 4.42. The third-order valence-corrected chi connectivity index (χ3v) is 3.34. The van der Waals surface area contributed by atoms with Crippen molar-refractivity contribution in [1.82, 2.24) is 10.3 Å². The van der Waals surface area contributed by atoms with E-state index >= 15 is 0 Å². The predicted octanol–water partition coefficient (Wildman–Crippen LogP) is 3.15. The van der Waals surface area contributed by atoms with Crippen molar-refractivity contribution in [3.8, 4) is 0 Å². The molecule has 2 rings (SSSR count). The van der Waals surface area contributed by atoms with E-state index in [4.69, 9.17) is 0 Å².